The van der Waals surface area contributed by atoms with Crippen molar-refractivity contribution in [3.63, 3.8) is 0 Å². The van der Waals surface area contributed by atoms with Crippen molar-refractivity contribution in [2.24, 2.45) is 0 Å². The van der Waals surface area contributed by atoms with Gasteiger partial charge >= 0.3 is 0 Å². The first kappa shape index (κ1) is 19.5. The van der Waals surface area contributed by atoms with E-state index >= 15 is 0 Å². The number of nitrogen functional groups attached to an aromatic ring is 1. The molecule has 0 spiro atoms. The minimum absolute atomic E-state index is 0.168. The average Bonchev–Trinajstić information content (AvgIpc) is 2.99. The zero-order chi connectivity index (χ0) is 19.6. The van der Waals surface area contributed by atoms with Crippen LogP contribution in [0.3, 0.4) is 0 Å². The summed E-state index contributed by atoms with van der Waals surface area (Å²) in [5.74, 6) is 5.37. The molecule has 0 fully saturated rings. The predicted octanol–water partition coefficient (Wildman–Crippen LogP) is 4.22. The Morgan fingerprint density at radius 3 is 2.74 bits per heavy atom. The van der Waals surface area contributed by atoms with Crippen molar-refractivity contribution in [3.8, 4) is 11.4 Å². The number of nitrogens with two attached hydrogens (primary N) is 1. The molecule has 3 rings (SSSR count). The molecule has 0 radical (unpaired) electrons. The number of anilines is 1. The maximum atomic E-state index is 13.9. The topological polar surface area (TPSA) is 85.8 Å². The summed E-state index contributed by atoms with van der Waals surface area (Å²) in [6.45, 7) is 1.68. The van der Waals surface area contributed by atoms with E-state index in [0.717, 1.165) is 16.4 Å². The van der Waals surface area contributed by atoms with Gasteiger partial charge in [0.2, 0.25) is 11.1 Å². The normalized spacial score (nSPS) is 12.0. The van der Waals surface area contributed by atoms with Gasteiger partial charge in [-0.2, -0.15) is 0 Å². The van der Waals surface area contributed by atoms with E-state index in [1.807, 2.05) is 0 Å². The number of hydrogen-bond acceptors (Lipinski definition) is 5. The summed E-state index contributed by atoms with van der Waals surface area (Å²) in [6.07, 6.45) is 0. The first-order valence-corrected chi connectivity index (χ1v) is 9.38. The summed E-state index contributed by atoms with van der Waals surface area (Å²) in [7, 11) is 0. The van der Waals surface area contributed by atoms with E-state index in [1.54, 1.807) is 43.3 Å². The summed E-state index contributed by atoms with van der Waals surface area (Å²) in [6, 6.07) is 10.9. The molecule has 0 aliphatic rings. The van der Waals surface area contributed by atoms with Gasteiger partial charge in [0, 0.05) is 5.02 Å². The second-order valence-corrected chi connectivity index (χ2v) is 7.68. The van der Waals surface area contributed by atoms with Crippen LogP contribution in [0.1, 0.15) is 6.92 Å². The fraction of sp³-hybridized carbons (Fsp3) is 0.118. The van der Waals surface area contributed by atoms with Crippen molar-refractivity contribution in [2.45, 2.75) is 17.3 Å². The molecule has 140 valence electrons. The Morgan fingerprint density at radius 2 is 2.00 bits per heavy atom. The maximum absolute atomic E-state index is 13.9. The van der Waals surface area contributed by atoms with Crippen molar-refractivity contribution in [1.82, 2.24) is 14.9 Å². The number of thioether (sulfide) groups is 1. The first-order valence-electron chi connectivity index (χ1n) is 7.74. The fourth-order valence-corrected chi connectivity index (χ4v) is 3.33. The highest BCUT2D eigenvalue weighted by Gasteiger charge is 2.21. The van der Waals surface area contributed by atoms with E-state index in [0.29, 0.717) is 15.7 Å². The zero-order valence-corrected chi connectivity index (χ0v) is 16.3. The molecule has 1 aromatic heterocycles. The Labute approximate surface area is 168 Å². The summed E-state index contributed by atoms with van der Waals surface area (Å²) < 4.78 is 15.1. The standard InChI is InChI=1S/C17H14Cl2FN5OS/c1-9(16(26)22-14-8-10(18)6-7-12(14)19)27-17-24-23-15(25(17)21)11-4-2-3-5-13(11)20/h2-9H,21H2,1H3,(H,22,26). The lowest BCUT2D eigenvalue weighted by Crippen LogP contribution is -2.23. The number of hydrogen-bond donors (Lipinski definition) is 2. The Bertz CT molecular complexity index is 997. The fourth-order valence-electron chi connectivity index (χ4n) is 2.22. The maximum Gasteiger partial charge on any atom is 0.237 e. The minimum Gasteiger partial charge on any atom is -0.335 e. The molecule has 10 heteroatoms. The molecule has 2 aromatic carbocycles. The lowest BCUT2D eigenvalue weighted by molar-refractivity contribution is -0.115. The molecule has 6 nitrogen and oxygen atoms in total. The van der Waals surface area contributed by atoms with E-state index in [-0.39, 0.29) is 22.5 Å². The van der Waals surface area contributed by atoms with Crippen LogP contribution in [0.25, 0.3) is 11.4 Å². The molecule has 0 bridgehead atoms. The second-order valence-electron chi connectivity index (χ2n) is 5.53. The molecule has 3 N–H and O–H groups in total. The number of amides is 1. The highest BCUT2D eigenvalue weighted by atomic mass is 35.5. The molecule has 1 atom stereocenters. The van der Waals surface area contributed by atoms with Gasteiger partial charge < -0.3 is 11.2 Å². The summed E-state index contributed by atoms with van der Waals surface area (Å²) in [5, 5.41) is 11.1. The molecular formula is C17H14Cl2FN5OS. The number of halogens is 3. The molecular weight excluding hydrogens is 412 g/mol. The molecule has 3 aromatic rings. The van der Waals surface area contributed by atoms with Crippen LogP contribution in [0.15, 0.2) is 47.6 Å². The molecule has 0 saturated heterocycles. The molecule has 0 saturated carbocycles. The summed E-state index contributed by atoms with van der Waals surface area (Å²) in [4.78, 5) is 12.4. The predicted molar refractivity (Wildman–Crippen MR) is 106 cm³/mol. The van der Waals surface area contributed by atoms with E-state index in [4.69, 9.17) is 29.0 Å². The monoisotopic (exact) mass is 425 g/mol. The molecule has 1 unspecified atom stereocenters. The number of carbonyl (C=O) groups is 1. The van der Waals surface area contributed by atoms with Crippen LogP contribution in [-0.4, -0.2) is 26.0 Å². The van der Waals surface area contributed by atoms with Gasteiger partial charge in [0.1, 0.15) is 5.82 Å². The number of nitrogens with one attached hydrogen (secondary N) is 1. The van der Waals surface area contributed by atoms with Gasteiger partial charge in [-0.3, -0.25) is 4.79 Å². The van der Waals surface area contributed by atoms with Crippen molar-refractivity contribution < 1.29 is 9.18 Å². The third-order valence-electron chi connectivity index (χ3n) is 3.62. The van der Waals surface area contributed by atoms with Crippen molar-refractivity contribution in [1.29, 1.82) is 0 Å². The number of carbonyl (C=O) groups excluding carboxylic acids is 1. The van der Waals surface area contributed by atoms with Crippen molar-refractivity contribution >= 4 is 46.6 Å². The van der Waals surface area contributed by atoms with Gasteiger partial charge in [0.05, 0.1) is 21.5 Å². The Hall–Kier alpha value is -2.29. The number of benzene rings is 2. The van der Waals surface area contributed by atoms with Crippen molar-refractivity contribution in [3.05, 3.63) is 58.3 Å². The minimum atomic E-state index is -0.569. The van der Waals surface area contributed by atoms with Gasteiger partial charge in [0.15, 0.2) is 5.82 Å². The zero-order valence-electron chi connectivity index (χ0n) is 14.0. The highest BCUT2D eigenvalue weighted by molar-refractivity contribution is 8.00. The largest absolute Gasteiger partial charge is 0.335 e. The molecule has 1 heterocycles. The van der Waals surface area contributed by atoms with Gasteiger partial charge in [-0.1, -0.05) is 47.1 Å². The lowest BCUT2D eigenvalue weighted by Gasteiger charge is -2.12. The third kappa shape index (κ3) is 4.35. The Kier molecular flexibility index (Phi) is 5.88. The average molecular weight is 426 g/mol. The molecule has 0 aliphatic heterocycles. The Morgan fingerprint density at radius 1 is 1.26 bits per heavy atom. The molecule has 1 amide bonds. The van der Waals surface area contributed by atoms with Gasteiger partial charge in [0.25, 0.3) is 0 Å². The van der Waals surface area contributed by atoms with E-state index in [9.17, 15) is 9.18 Å². The quantitative estimate of drug-likeness (QED) is 0.471. The third-order valence-corrected chi connectivity index (χ3v) is 5.24. The van der Waals surface area contributed by atoms with Crippen LogP contribution in [0.2, 0.25) is 10.0 Å². The van der Waals surface area contributed by atoms with E-state index in [2.05, 4.69) is 15.5 Å². The molecule has 0 aliphatic carbocycles. The number of rotatable bonds is 5. The van der Waals surface area contributed by atoms with Crippen LogP contribution in [-0.2, 0) is 4.79 Å². The van der Waals surface area contributed by atoms with Crippen LogP contribution in [0, 0.1) is 5.82 Å². The van der Waals surface area contributed by atoms with Crippen LogP contribution < -0.4 is 11.2 Å². The lowest BCUT2D eigenvalue weighted by atomic mass is 10.2. The number of nitrogens with zero attached hydrogens (tertiary/aromatic N) is 3. The van der Waals surface area contributed by atoms with Crippen LogP contribution in [0.4, 0.5) is 10.1 Å². The SMILES string of the molecule is CC(Sc1nnc(-c2ccccc2F)n1N)C(=O)Nc1cc(Cl)ccc1Cl. The summed E-state index contributed by atoms with van der Waals surface area (Å²) in [5.41, 5.74) is 0.630. The van der Waals surface area contributed by atoms with Crippen molar-refractivity contribution in [2.75, 3.05) is 11.2 Å². The Balaban J connectivity index is 1.75. The van der Waals surface area contributed by atoms with Crippen LogP contribution in [0.5, 0.6) is 0 Å². The smallest absolute Gasteiger partial charge is 0.237 e. The van der Waals surface area contributed by atoms with Gasteiger partial charge in [-0.15, -0.1) is 10.2 Å². The van der Waals surface area contributed by atoms with Crippen LogP contribution >= 0.6 is 35.0 Å². The van der Waals surface area contributed by atoms with E-state index in [1.165, 1.54) is 6.07 Å². The van der Waals surface area contributed by atoms with E-state index < -0.39 is 11.1 Å². The number of aromatic nitrogens is 3. The van der Waals surface area contributed by atoms with Gasteiger partial charge in [-0.25, -0.2) is 9.07 Å². The second kappa shape index (κ2) is 8.16. The molecule has 27 heavy (non-hydrogen) atoms. The summed E-state index contributed by atoms with van der Waals surface area (Å²) >= 11 is 13.1. The van der Waals surface area contributed by atoms with Gasteiger partial charge in [-0.05, 0) is 37.3 Å². The first-order chi connectivity index (χ1) is 12.9. The highest BCUT2D eigenvalue weighted by Crippen LogP contribution is 2.29.